The van der Waals surface area contributed by atoms with Gasteiger partial charge >= 0.3 is 0 Å². The summed E-state index contributed by atoms with van der Waals surface area (Å²) in [6.45, 7) is 8.95. The largest absolute Gasteiger partial charge is 0.369 e. The van der Waals surface area contributed by atoms with Crippen LogP contribution in [-0.2, 0) is 4.79 Å². The van der Waals surface area contributed by atoms with Crippen molar-refractivity contribution in [3.8, 4) is 0 Å². The first-order valence-electron chi connectivity index (χ1n) is 9.44. The van der Waals surface area contributed by atoms with E-state index in [9.17, 15) is 4.79 Å². The molecule has 2 fully saturated rings. The molecule has 0 radical (unpaired) electrons. The minimum atomic E-state index is 0.207. The molecule has 2 aliphatic rings. The Morgan fingerprint density at radius 1 is 1.08 bits per heavy atom. The van der Waals surface area contributed by atoms with Gasteiger partial charge in [0.1, 0.15) is 0 Å². The van der Waals surface area contributed by atoms with Crippen molar-refractivity contribution in [3.05, 3.63) is 29.8 Å². The first-order chi connectivity index (χ1) is 11.6. The average Bonchev–Trinajstić information content (AvgIpc) is 2.58. The summed E-state index contributed by atoms with van der Waals surface area (Å²) in [5.41, 5.74) is 2.66. The summed E-state index contributed by atoms with van der Waals surface area (Å²) in [4.78, 5) is 17.0. The van der Waals surface area contributed by atoms with E-state index in [1.165, 1.54) is 24.1 Å². The standard InChI is InChI=1S/C20H31N3O/c1-16-7-9-18(10-8-16)21-20(24)15-22-11-13-23(14-12-22)19-6-4-3-5-17(19)2/h3-6,16,18H,7-15H2,1-2H3,(H,21,24). The number of nitrogens with one attached hydrogen (secondary N) is 1. The van der Waals surface area contributed by atoms with Crippen molar-refractivity contribution >= 4 is 11.6 Å². The maximum atomic E-state index is 12.3. The Labute approximate surface area is 146 Å². The van der Waals surface area contributed by atoms with E-state index in [-0.39, 0.29) is 5.91 Å². The molecule has 1 aromatic carbocycles. The molecule has 24 heavy (non-hydrogen) atoms. The van der Waals surface area contributed by atoms with Crippen LogP contribution in [0.2, 0.25) is 0 Å². The van der Waals surface area contributed by atoms with Gasteiger partial charge in [-0.2, -0.15) is 0 Å². The zero-order valence-electron chi connectivity index (χ0n) is 15.1. The van der Waals surface area contributed by atoms with Gasteiger partial charge in [-0.25, -0.2) is 0 Å². The third-order valence-corrected chi connectivity index (χ3v) is 5.58. The molecule has 0 unspecified atom stereocenters. The van der Waals surface area contributed by atoms with Crippen LogP contribution in [0.3, 0.4) is 0 Å². The van der Waals surface area contributed by atoms with E-state index in [2.05, 4.69) is 53.2 Å². The minimum Gasteiger partial charge on any atom is -0.369 e. The summed E-state index contributed by atoms with van der Waals surface area (Å²) in [6.07, 6.45) is 4.79. The van der Waals surface area contributed by atoms with Gasteiger partial charge in [0.2, 0.25) is 5.91 Å². The highest BCUT2D eigenvalue weighted by Gasteiger charge is 2.23. The fourth-order valence-electron chi connectivity index (χ4n) is 3.95. The maximum Gasteiger partial charge on any atom is 0.234 e. The zero-order valence-corrected chi connectivity index (χ0v) is 15.1. The Morgan fingerprint density at radius 2 is 1.75 bits per heavy atom. The van der Waals surface area contributed by atoms with Crippen molar-refractivity contribution in [1.29, 1.82) is 0 Å². The summed E-state index contributed by atoms with van der Waals surface area (Å²) in [6, 6.07) is 8.96. The number of piperazine rings is 1. The lowest BCUT2D eigenvalue weighted by molar-refractivity contribution is -0.123. The number of carbonyl (C=O) groups excluding carboxylic acids is 1. The van der Waals surface area contributed by atoms with Crippen LogP contribution in [0.1, 0.15) is 38.2 Å². The van der Waals surface area contributed by atoms with Gasteiger partial charge in [0.05, 0.1) is 6.54 Å². The second kappa shape index (κ2) is 8.02. The molecule has 0 bridgehead atoms. The van der Waals surface area contributed by atoms with E-state index in [4.69, 9.17) is 0 Å². The summed E-state index contributed by atoms with van der Waals surface area (Å²) in [5, 5.41) is 3.24. The van der Waals surface area contributed by atoms with Crippen molar-refractivity contribution in [2.75, 3.05) is 37.6 Å². The monoisotopic (exact) mass is 329 g/mol. The quantitative estimate of drug-likeness (QED) is 0.923. The lowest BCUT2D eigenvalue weighted by Crippen LogP contribution is -2.51. The first kappa shape index (κ1) is 17.3. The zero-order chi connectivity index (χ0) is 16.9. The number of hydrogen-bond acceptors (Lipinski definition) is 3. The van der Waals surface area contributed by atoms with E-state index in [0.29, 0.717) is 12.6 Å². The summed E-state index contributed by atoms with van der Waals surface area (Å²) < 4.78 is 0. The van der Waals surface area contributed by atoms with Crippen molar-refractivity contribution in [1.82, 2.24) is 10.2 Å². The van der Waals surface area contributed by atoms with Crippen LogP contribution in [0.25, 0.3) is 0 Å². The molecule has 1 saturated heterocycles. The molecule has 0 spiro atoms. The number of rotatable bonds is 4. The molecule has 1 amide bonds. The first-order valence-corrected chi connectivity index (χ1v) is 9.44. The number of hydrogen-bond donors (Lipinski definition) is 1. The van der Waals surface area contributed by atoms with Gasteiger partial charge in [-0.3, -0.25) is 9.69 Å². The van der Waals surface area contributed by atoms with Gasteiger partial charge in [-0.15, -0.1) is 0 Å². The van der Waals surface area contributed by atoms with Crippen LogP contribution >= 0.6 is 0 Å². The van der Waals surface area contributed by atoms with E-state index in [1.54, 1.807) is 0 Å². The van der Waals surface area contributed by atoms with Gasteiger partial charge in [-0.05, 0) is 50.2 Å². The molecule has 1 aliphatic heterocycles. The van der Waals surface area contributed by atoms with Crippen LogP contribution in [0.15, 0.2) is 24.3 Å². The van der Waals surface area contributed by atoms with Gasteiger partial charge < -0.3 is 10.2 Å². The Kier molecular flexibility index (Phi) is 5.77. The highest BCUT2D eigenvalue weighted by Crippen LogP contribution is 2.23. The smallest absolute Gasteiger partial charge is 0.234 e. The molecular weight excluding hydrogens is 298 g/mol. The fourth-order valence-corrected chi connectivity index (χ4v) is 3.95. The molecule has 0 aromatic heterocycles. The van der Waals surface area contributed by atoms with Gasteiger partial charge in [0, 0.05) is 37.9 Å². The van der Waals surface area contributed by atoms with Crippen molar-refractivity contribution in [2.24, 2.45) is 5.92 Å². The third kappa shape index (κ3) is 4.50. The number of benzene rings is 1. The summed E-state index contributed by atoms with van der Waals surface area (Å²) >= 11 is 0. The molecule has 1 aromatic rings. The second-order valence-electron chi connectivity index (χ2n) is 7.57. The Hall–Kier alpha value is -1.55. The topological polar surface area (TPSA) is 35.6 Å². The molecule has 1 saturated carbocycles. The third-order valence-electron chi connectivity index (χ3n) is 5.58. The van der Waals surface area contributed by atoms with E-state index in [0.717, 1.165) is 44.9 Å². The number of aryl methyl sites for hydroxylation is 1. The van der Waals surface area contributed by atoms with Gasteiger partial charge in [0.25, 0.3) is 0 Å². The van der Waals surface area contributed by atoms with Crippen molar-refractivity contribution < 1.29 is 4.79 Å². The van der Waals surface area contributed by atoms with E-state index in [1.807, 2.05) is 0 Å². The summed E-state index contributed by atoms with van der Waals surface area (Å²) in [5.74, 6) is 1.03. The lowest BCUT2D eigenvalue weighted by atomic mass is 9.87. The molecule has 4 nitrogen and oxygen atoms in total. The SMILES string of the molecule is Cc1ccccc1N1CCN(CC(=O)NC2CCC(C)CC2)CC1. The fraction of sp³-hybridized carbons (Fsp3) is 0.650. The predicted octanol–water partition coefficient (Wildman–Crippen LogP) is 2.81. The molecule has 0 atom stereocenters. The second-order valence-corrected chi connectivity index (χ2v) is 7.57. The lowest BCUT2D eigenvalue weighted by Gasteiger charge is -2.36. The molecule has 1 aliphatic carbocycles. The van der Waals surface area contributed by atoms with Crippen LogP contribution < -0.4 is 10.2 Å². The normalized spacial score (nSPS) is 25.5. The minimum absolute atomic E-state index is 0.207. The Balaban J connectivity index is 1.42. The average molecular weight is 329 g/mol. The van der Waals surface area contributed by atoms with Crippen LogP contribution in [-0.4, -0.2) is 49.6 Å². The van der Waals surface area contributed by atoms with Gasteiger partial charge in [0.15, 0.2) is 0 Å². The van der Waals surface area contributed by atoms with Crippen molar-refractivity contribution in [3.63, 3.8) is 0 Å². The van der Waals surface area contributed by atoms with Crippen LogP contribution in [0.5, 0.6) is 0 Å². The van der Waals surface area contributed by atoms with Crippen molar-refractivity contribution in [2.45, 2.75) is 45.6 Å². The Morgan fingerprint density at radius 3 is 2.42 bits per heavy atom. The molecule has 3 rings (SSSR count). The number of nitrogens with zero attached hydrogens (tertiary/aromatic N) is 2. The molecule has 132 valence electrons. The van der Waals surface area contributed by atoms with E-state index < -0.39 is 0 Å². The number of carbonyl (C=O) groups is 1. The Bertz CT molecular complexity index is 544. The molecule has 4 heteroatoms. The predicted molar refractivity (Wildman–Crippen MR) is 99.4 cm³/mol. The highest BCUT2D eigenvalue weighted by molar-refractivity contribution is 5.78. The van der Waals surface area contributed by atoms with Crippen LogP contribution in [0, 0.1) is 12.8 Å². The molecule has 1 N–H and O–H groups in total. The summed E-state index contributed by atoms with van der Waals surface area (Å²) in [7, 11) is 0. The molecular formula is C20H31N3O. The number of para-hydroxylation sites is 1. The highest BCUT2D eigenvalue weighted by atomic mass is 16.2. The van der Waals surface area contributed by atoms with Gasteiger partial charge in [-0.1, -0.05) is 25.1 Å². The number of anilines is 1. The number of amides is 1. The molecule has 1 heterocycles. The maximum absolute atomic E-state index is 12.3. The van der Waals surface area contributed by atoms with Crippen LogP contribution in [0.4, 0.5) is 5.69 Å². The van der Waals surface area contributed by atoms with E-state index >= 15 is 0 Å².